The van der Waals surface area contributed by atoms with Crippen molar-refractivity contribution >= 4 is 22.4 Å². The summed E-state index contributed by atoms with van der Waals surface area (Å²) in [6.07, 6.45) is 7.26. The van der Waals surface area contributed by atoms with Gasteiger partial charge in [0.1, 0.15) is 5.75 Å². The van der Waals surface area contributed by atoms with E-state index in [9.17, 15) is 4.79 Å². The molecule has 0 spiro atoms. The molecule has 0 bridgehead atoms. The first-order valence-corrected chi connectivity index (χ1v) is 10.0. The van der Waals surface area contributed by atoms with Crippen molar-refractivity contribution in [1.29, 1.82) is 0 Å². The number of fused-ring (bicyclic) bond motifs is 1. The second-order valence-electron chi connectivity index (χ2n) is 6.80. The highest BCUT2D eigenvalue weighted by Gasteiger charge is 2.14. The highest BCUT2D eigenvalue weighted by Crippen LogP contribution is 2.25. The van der Waals surface area contributed by atoms with E-state index in [1.807, 2.05) is 42.6 Å². The zero-order valence-electron chi connectivity index (χ0n) is 15.3. The number of ether oxygens (including phenoxy) is 1. The lowest BCUT2D eigenvalue weighted by atomic mass is 9.90. The molecule has 0 unspecified atom stereocenters. The first-order chi connectivity index (χ1) is 13.2. The van der Waals surface area contributed by atoms with Gasteiger partial charge in [-0.1, -0.05) is 18.2 Å². The fraction of sp³-hybridized carbons (Fsp3) is 0.273. The van der Waals surface area contributed by atoms with E-state index in [2.05, 4.69) is 16.4 Å². The number of benzene rings is 2. The molecule has 4 nitrogen and oxygen atoms in total. The van der Waals surface area contributed by atoms with Crippen LogP contribution < -0.4 is 10.1 Å². The first-order valence-electron chi connectivity index (χ1n) is 9.22. The summed E-state index contributed by atoms with van der Waals surface area (Å²) >= 11 is 1.52. The van der Waals surface area contributed by atoms with Crippen LogP contribution in [-0.2, 0) is 19.3 Å². The summed E-state index contributed by atoms with van der Waals surface area (Å²) in [7, 11) is 1.66. The predicted octanol–water partition coefficient (Wildman–Crippen LogP) is 4.87. The molecule has 1 aliphatic carbocycles. The Morgan fingerprint density at radius 3 is 2.67 bits per heavy atom. The van der Waals surface area contributed by atoms with Crippen molar-refractivity contribution in [2.75, 3.05) is 12.4 Å². The third-order valence-corrected chi connectivity index (χ3v) is 5.83. The van der Waals surface area contributed by atoms with Gasteiger partial charge in [0.2, 0.25) is 0 Å². The third-order valence-electron chi connectivity index (χ3n) is 4.92. The van der Waals surface area contributed by atoms with Crippen LogP contribution in [0.1, 0.15) is 44.8 Å². The molecule has 5 heteroatoms. The minimum Gasteiger partial charge on any atom is -0.497 e. The fourth-order valence-electron chi connectivity index (χ4n) is 3.44. The third kappa shape index (κ3) is 4.19. The second-order valence-corrected chi connectivity index (χ2v) is 7.92. The zero-order valence-corrected chi connectivity index (χ0v) is 16.1. The van der Waals surface area contributed by atoms with Gasteiger partial charge in [-0.25, -0.2) is 4.98 Å². The number of methoxy groups -OCH3 is 1. The Kier molecular flexibility index (Phi) is 5.21. The van der Waals surface area contributed by atoms with Crippen LogP contribution in [-0.4, -0.2) is 18.0 Å². The Morgan fingerprint density at radius 2 is 1.89 bits per heavy atom. The molecule has 3 aromatic rings. The molecule has 138 valence electrons. The highest BCUT2D eigenvalue weighted by molar-refractivity contribution is 7.15. The smallest absolute Gasteiger partial charge is 0.257 e. The molecule has 0 saturated heterocycles. The Hall–Kier alpha value is -2.66. The lowest BCUT2D eigenvalue weighted by Crippen LogP contribution is -2.13. The van der Waals surface area contributed by atoms with Gasteiger partial charge in [0.15, 0.2) is 5.13 Å². The fourth-order valence-corrected chi connectivity index (χ4v) is 4.28. The second kappa shape index (κ2) is 7.92. The minimum absolute atomic E-state index is 0.0891. The molecular formula is C22H22N2O2S. The molecule has 2 aromatic carbocycles. The standard InChI is InChI=1S/C22H22N2O2S/c1-26-19-10-6-15(7-11-19)12-20-14-23-22(27-20)24-21(25)18-9-8-16-4-2-3-5-17(16)13-18/h6-11,13-14H,2-5,12H2,1H3,(H,23,24,25). The summed E-state index contributed by atoms with van der Waals surface area (Å²) in [5, 5.41) is 3.58. The molecule has 1 N–H and O–H groups in total. The number of hydrogen-bond donors (Lipinski definition) is 1. The first kappa shape index (κ1) is 17.7. The largest absolute Gasteiger partial charge is 0.497 e. The SMILES string of the molecule is COc1ccc(Cc2cnc(NC(=O)c3ccc4c(c3)CCCC4)s2)cc1. The molecule has 4 rings (SSSR count). The number of aryl methyl sites for hydroxylation is 2. The van der Waals surface area contributed by atoms with Gasteiger partial charge in [-0.15, -0.1) is 11.3 Å². The lowest BCUT2D eigenvalue weighted by molar-refractivity contribution is 0.102. The molecule has 0 radical (unpaired) electrons. The molecule has 0 atom stereocenters. The van der Waals surface area contributed by atoms with Gasteiger partial charge in [0.05, 0.1) is 7.11 Å². The molecule has 0 fully saturated rings. The van der Waals surface area contributed by atoms with Crippen molar-refractivity contribution in [1.82, 2.24) is 4.98 Å². The maximum Gasteiger partial charge on any atom is 0.257 e. The van der Waals surface area contributed by atoms with Crippen LogP contribution in [0.15, 0.2) is 48.7 Å². The number of anilines is 1. The van der Waals surface area contributed by atoms with E-state index in [4.69, 9.17) is 4.74 Å². The lowest BCUT2D eigenvalue weighted by Gasteiger charge is -2.16. The van der Waals surface area contributed by atoms with Gasteiger partial charge in [-0.2, -0.15) is 0 Å². The monoisotopic (exact) mass is 378 g/mol. The van der Waals surface area contributed by atoms with E-state index in [1.54, 1.807) is 7.11 Å². The van der Waals surface area contributed by atoms with Crippen LogP contribution >= 0.6 is 11.3 Å². The summed E-state index contributed by atoms with van der Waals surface area (Å²) in [5.41, 5.74) is 4.59. The summed E-state index contributed by atoms with van der Waals surface area (Å²) in [4.78, 5) is 18.1. The molecule has 1 amide bonds. The van der Waals surface area contributed by atoms with Crippen LogP contribution in [0.25, 0.3) is 0 Å². The molecule has 0 saturated carbocycles. The van der Waals surface area contributed by atoms with Gasteiger partial charge in [0.25, 0.3) is 5.91 Å². The number of amides is 1. The molecule has 1 aliphatic rings. The van der Waals surface area contributed by atoms with Gasteiger partial charge in [0, 0.05) is 23.1 Å². The summed E-state index contributed by atoms with van der Waals surface area (Å²) < 4.78 is 5.19. The van der Waals surface area contributed by atoms with Gasteiger partial charge >= 0.3 is 0 Å². The molecular weight excluding hydrogens is 356 g/mol. The number of aromatic nitrogens is 1. The van der Waals surface area contributed by atoms with Crippen molar-refractivity contribution in [2.45, 2.75) is 32.1 Å². The normalized spacial score (nSPS) is 13.1. The summed E-state index contributed by atoms with van der Waals surface area (Å²) in [6, 6.07) is 14.1. The number of rotatable bonds is 5. The topological polar surface area (TPSA) is 51.2 Å². The zero-order chi connectivity index (χ0) is 18.6. The van der Waals surface area contributed by atoms with E-state index in [0.717, 1.165) is 29.9 Å². The van der Waals surface area contributed by atoms with E-state index >= 15 is 0 Å². The number of nitrogens with zero attached hydrogens (tertiary/aromatic N) is 1. The number of nitrogens with one attached hydrogen (secondary N) is 1. The summed E-state index contributed by atoms with van der Waals surface area (Å²) in [5.74, 6) is 0.759. The number of thiazole rings is 1. The van der Waals surface area contributed by atoms with E-state index in [1.165, 1.54) is 40.9 Å². The Labute approximate surface area is 163 Å². The Morgan fingerprint density at radius 1 is 1.11 bits per heavy atom. The molecule has 1 heterocycles. The van der Waals surface area contributed by atoms with E-state index < -0.39 is 0 Å². The number of carbonyl (C=O) groups excluding carboxylic acids is 1. The molecule has 27 heavy (non-hydrogen) atoms. The average molecular weight is 378 g/mol. The molecule has 1 aromatic heterocycles. The van der Waals surface area contributed by atoms with Gasteiger partial charge < -0.3 is 4.74 Å². The van der Waals surface area contributed by atoms with E-state index in [-0.39, 0.29) is 5.91 Å². The minimum atomic E-state index is -0.0891. The van der Waals surface area contributed by atoms with Crippen LogP contribution in [0, 0.1) is 0 Å². The Balaban J connectivity index is 1.41. The maximum absolute atomic E-state index is 12.6. The van der Waals surface area contributed by atoms with Gasteiger partial charge in [-0.05, 0) is 66.6 Å². The maximum atomic E-state index is 12.6. The van der Waals surface area contributed by atoms with Crippen LogP contribution in [0.2, 0.25) is 0 Å². The van der Waals surface area contributed by atoms with Crippen molar-refractivity contribution in [3.8, 4) is 5.75 Å². The van der Waals surface area contributed by atoms with Gasteiger partial charge in [-0.3, -0.25) is 10.1 Å². The van der Waals surface area contributed by atoms with Crippen LogP contribution in [0.5, 0.6) is 5.75 Å². The van der Waals surface area contributed by atoms with E-state index in [0.29, 0.717) is 10.7 Å². The van der Waals surface area contributed by atoms with Crippen LogP contribution in [0.3, 0.4) is 0 Å². The number of carbonyl (C=O) groups is 1. The van der Waals surface area contributed by atoms with Crippen molar-refractivity contribution < 1.29 is 9.53 Å². The van der Waals surface area contributed by atoms with Crippen LogP contribution in [0.4, 0.5) is 5.13 Å². The van der Waals surface area contributed by atoms with Crippen molar-refractivity contribution in [3.63, 3.8) is 0 Å². The molecule has 0 aliphatic heterocycles. The quantitative estimate of drug-likeness (QED) is 0.689. The van der Waals surface area contributed by atoms with Crippen molar-refractivity contribution in [3.05, 3.63) is 75.8 Å². The Bertz CT molecular complexity index is 947. The van der Waals surface area contributed by atoms with Crippen molar-refractivity contribution in [2.24, 2.45) is 0 Å². The number of hydrogen-bond acceptors (Lipinski definition) is 4. The average Bonchev–Trinajstić information content (AvgIpc) is 3.15. The predicted molar refractivity (Wildman–Crippen MR) is 109 cm³/mol. The summed E-state index contributed by atoms with van der Waals surface area (Å²) in [6.45, 7) is 0. The highest BCUT2D eigenvalue weighted by atomic mass is 32.1.